The van der Waals surface area contributed by atoms with E-state index < -0.39 is 0 Å². The van der Waals surface area contributed by atoms with Crippen LogP contribution in [0.4, 0.5) is 0 Å². The van der Waals surface area contributed by atoms with Crippen LogP contribution in [0.1, 0.15) is 59.8 Å². The van der Waals surface area contributed by atoms with Gasteiger partial charge in [0, 0.05) is 6.92 Å². The van der Waals surface area contributed by atoms with Gasteiger partial charge >= 0.3 is 5.97 Å². The molecule has 0 aromatic rings. The van der Waals surface area contributed by atoms with Crippen molar-refractivity contribution in [3.05, 3.63) is 0 Å². The zero-order valence-corrected chi connectivity index (χ0v) is 9.85. The number of rotatable bonds is 2. The minimum atomic E-state index is -0.194. The molecular formula is C12H22O2. The molecule has 1 saturated carbocycles. The van der Waals surface area contributed by atoms with E-state index in [1.165, 1.54) is 26.2 Å². The average molecular weight is 198 g/mol. The Balaban J connectivity index is 2.52. The minimum Gasteiger partial charge on any atom is -0.460 e. The van der Waals surface area contributed by atoms with Crippen LogP contribution in [0.5, 0.6) is 0 Å². The summed E-state index contributed by atoms with van der Waals surface area (Å²) in [6.45, 7) is 8.14. The summed E-state index contributed by atoms with van der Waals surface area (Å²) in [6, 6.07) is 0. The number of hydrogen-bond donors (Lipinski definition) is 0. The largest absolute Gasteiger partial charge is 0.460 e. The molecule has 14 heavy (non-hydrogen) atoms. The van der Waals surface area contributed by atoms with Gasteiger partial charge in [-0.25, -0.2) is 0 Å². The molecule has 1 aliphatic carbocycles. The third kappa shape index (κ3) is 2.73. The molecule has 0 aromatic carbocycles. The first-order chi connectivity index (χ1) is 6.39. The second kappa shape index (κ2) is 3.92. The first-order valence-electron chi connectivity index (χ1n) is 5.59. The van der Waals surface area contributed by atoms with Crippen molar-refractivity contribution in [2.45, 2.75) is 65.4 Å². The smallest absolute Gasteiger partial charge is 0.303 e. The molecule has 0 amide bonds. The SMILES string of the molecule is CCC1(C)CCC(C)(OC(C)=O)CC1. The standard InChI is InChI=1S/C12H22O2/c1-5-11(3)6-8-12(4,9-7-11)14-10(2)13/h5-9H2,1-4H3. The lowest BCUT2D eigenvalue weighted by Gasteiger charge is -2.42. The van der Waals surface area contributed by atoms with E-state index >= 15 is 0 Å². The summed E-state index contributed by atoms with van der Waals surface area (Å²) >= 11 is 0. The van der Waals surface area contributed by atoms with Crippen LogP contribution in [0.2, 0.25) is 0 Å². The Morgan fingerprint density at radius 1 is 1.21 bits per heavy atom. The van der Waals surface area contributed by atoms with Gasteiger partial charge in [0.2, 0.25) is 0 Å². The first-order valence-corrected chi connectivity index (χ1v) is 5.59. The van der Waals surface area contributed by atoms with Gasteiger partial charge in [-0.05, 0) is 38.0 Å². The highest BCUT2D eigenvalue weighted by molar-refractivity contribution is 5.66. The minimum absolute atomic E-state index is 0.146. The van der Waals surface area contributed by atoms with Gasteiger partial charge in [-0.1, -0.05) is 20.3 Å². The lowest BCUT2D eigenvalue weighted by Crippen LogP contribution is -2.38. The highest BCUT2D eigenvalue weighted by Gasteiger charge is 2.38. The lowest BCUT2D eigenvalue weighted by atomic mass is 9.69. The maximum Gasteiger partial charge on any atom is 0.303 e. The van der Waals surface area contributed by atoms with Crippen molar-refractivity contribution in [2.75, 3.05) is 0 Å². The quantitative estimate of drug-likeness (QED) is 0.636. The maximum absolute atomic E-state index is 10.9. The van der Waals surface area contributed by atoms with Gasteiger partial charge in [0.1, 0.15) is 5.60 Å². The monoisotopic (exact) mass is 198 g/mol. The van der Waals surface area contributed by atoms with E-state index in [2.05, 4.69) is 20.8 Å². The maximum atomic E-state index is 10.9. The van der Waals surface area contributed by atoms with Gasteiger partial charge in [0.05, 0.1) is 0 Å². The summed E-state index contributed by atoms with van der Waals surface area (Å²) in [7, 11) is 0. The molecule has 0 aromatic heterocycles. The van der Waals surface area contributed by atoms with Crippen LogP contribution in [0.3, 0.4) is 0 Å². The Labute approximate surface area is 87.0 Å². The summed E-state index contributed by atoms with van der Waals surface area (Å²) < 4.78 is 5.38. The summed E-state index contributed by atoms with van der Waals surface area (Å²) in [5.41, 5.74) is 0.278. The van der Waals surface area contributed by atoms with Crippen LogP contribution < -0.4 is 0 Å². The van der Waals surface area contributed by atoms with Gasteiger partial charge in [-0.2, -0.15) is 0 Å². The topological polar surface area (TPSA) is 26.3 Å². The van der Waals surface area contributed by atoms with Crippen molar-refractivity contribution in [3.63, 3.8) is 0 Å². The third-order valence-electron chi connectivity index (χ3n) is 3.76. The molecular weight excluding hydrogens is 176 g/mol. The Bertz CT molecular complexity index is 212. The molecule has 0 N–H and O–H groups in total. The van der Waals surface area contributed by atoms with Crippen LogP contribution in [0, 0.1) is 5.41 Å². The van der Waals surface area contributed by atoms with E-state index in [0.717, 1.165) is 12.8 Å². The number of esters is 1. The molecule has 1 fully saturated rings. The summed E-state index contributed by atoms with van der Waals surface area (Å²) in [4.78, 5) is 10.9. The van der Waals surface area contributed by atoms with Crippen molar-refractivity contribution in [1.29, 1.82) is 0 Å². The zero-order chi connectivity index (χ0) is 10.8. The molecule has 2 heteroatoms. The van der Waals surface area contributed by atoms with Crippen molar-refractivity contribution >= 4 is 5.97 Å². The number of hydrogen-bond acceptors (Lipinski definition) is 2. The van der Waals surface area contributed by atoms with Crippen LogP contribution in [0.25, 0.3) is 0 Å². The summed E-state index contributed by atoms with van der Waals surface area (Å²) in [5, 5.41) is 0. The molecule has 1 rings (SSSR count). The van der Waals surface area contributed by atoms with Gasteiger partial charge in [-0.15, -0.1) is 0 Å². The van der Waals surface area contributed by atoms with Gasteiger partial charge in [0.15, 0.2) is 0 Å². The van der Waals surface area contributed by atoms with Crippen molar-refractivity contribution in [1.82, 2.24) is 0 Å². The van der Waals surface area contributed by atoms with Crippen LogP contribution >= 0.6 is 0 Å². The highest BCUT2D eigenvalue weighted by atomic mass is 16.6. The van der Waals surface area contributed by atoms with E-state index in [4.69, 9.17) is 4.74 Å². The number of carbonyl (C=O) groups excluding carboxylic acids is 1. The molecule has 0 aliphatic heterocycles. The Hall–Kier alpha value is -0.530. The molecule has 0 bridgehead atoms. The molecule has 0 spiro atoms. The molecule has 0 atom stereocenters. The molecule has 82 valence electrons. The predicted octanol–water partition coefficient (Wildman–Crippen LogP) is 3.30. The van der Waals surface area contributed by atoms with Gasteiger partial charge in [0.25, 0.3) is 0 Å². The Morgan fingerprint density at radius 2 is 1.71 bits per heavy atom. The average Bonchev–Trinajstić information content (AvgIpc) is 2.10. The van der Waals surface area contributed by atoms with E-state index in [1.807, 2.05) is 0 Å². The van der Waals surface area contributed by atoms with E-state index in [1.54, 1.807) is 0 Å². The lowest BCUT2D eigenvalue weighted by molar-refractivity contribution is -0.160. The van der Waals surface area contributed by atoms with Gasteiger partial charge < -0.3 is 4.74 Å². The molecule has 2 nitrogen and oxygen atoms in total. The summed E-state index contributed by atoms with van der Waals surface area (Å²) in [6.07, 6.45) is 5.59. The first kappa shape index (κ1) is 11.5. The van der Waals surface area contributed by atoms with Crippen LogP contribution in [-0.2, 0) is 9.53 Å². The van der Waals surface area contributed by atoms with Crippen LogP contribution in [0.15, 0.2) is 0 Å². The van der Waals surface area contributed by atoms with E-state index in [0.29, 0.717) is 5.41 Å². The zero-order valence-electron chi connectivity index (χ0n) is 9.85. The molecule has 0 saturated heterocycles. The molecule has 0 heterocycles. The fourth-order valence-electron chi connectivity index (χ4n) is 2.18. The molecule has 0 unspecified atom stereocenters. The third-order valence-corrected chi connectivity index (χ3v) is 3.76. The fraction of sp³-hybridized carbons (Fsp3) is 0.917. The predicted molar refractivity (Wildman–Crippen MR) is 57.0 cm³/mol. The van der Waals surface area contributed by atoms with E-state index in [-0.39, 0.29) is 11.6 Å². The molecule has 0 radical (unpaired) electrons. The normalized spacial score (nSPS) is 38.0. The van der Waals surface area contributed by atoms with Gasteiger partial charge in [-0.3, -0.25) is 4.79 Å². The summed E-state index contributed by atoms with van der Waals surface area (Å²) in [5.74, 6) is -0.146. The second-order valence-electron chi connectivity index (χ2n) is 5.21. The van der Waals surface area contributed by atoms with E-state index in [9.17, 15) is 4.79 Å². The number of ether oxygens (including phenoxy) is 1. The van der Waals surface area contributed by atoms with Crippen molar-refractivity contribution in [2.24, 2.45) is 5.41 Å². The Morgan fingerprint density at radius 3 is 2.07 bits per heavy atom. The highest BCUT2D eigenvalue weighted by Crippen LogP contribution is 2.44. The fourth-order valence-corrected chi connectivity index (χ4v) is 2.18. The Kier molecular flexibility index (Phi) is 3.23. The molecule has 1 aliphatic rings. The van der Waals surface area contributed by atoms with Crippen molar-refractivity contribution < 1.29 is 9.53 Å². The second-order valence-corrected chi connectivity index (χ2v) is 5.21. The van der Waals surface area contributed by atoms with Crippen molar-refractivity contribution in [3.8, 4) is 0 Å². The van der Waals surface area contributed by atoms with Crippen LogP contribution in [-0.4, -0.2) is 11.6 Å². The number of carbonyl (C=O) groups is 1.